The molecule has 1 atom stereocenters. The Hall–Kier alpha value is -2.35. The minimum absolute atomic E-state index is 0.0819. The van der Waals surface area contributed by atoms with Crippen LogP contribution in [-0.2, 0) is 6.42 Å². The van der Waals surface area contributed by atoms with Crippen molar-refractivity contribution in [3.63, 3.8) is 0 Å². The van der Waals surface area contributed by atoms with E-state index < -0.39 is 0 Å². The number of fused-ring (bicyclic) bond motifs is 1. The Labute approximate surface area is 125 Å². The van der Waals surface area contributed by atoms with Gasteiger partial charge in [-0.15, -0.1) is 0 Å². The number of para-hydroxylation sites is 1. The zero-order chi connectivity index (χ0) is 14.8. The lowest BCUT2D eigenvalue weighted by molar-refractivity contribution is 0.0973. The number of hydrogen-bond donors (Lipinski definition) is 0. The lowest BCUT2D eigenvalue weighted by atomic mass is 9.92. The number of carbonyl (C=O) groups is 1. The van der Waals surface area contributed by atoms with Crippen molar-refractivity contribution in [2.75, 3.05) is 4.90 Å². The Morgan fingerprint density at radius 3 is 2.57 bits per heavy atom. The Balaban J connectivity index is 2.13. The summed E-state index contributed by atoms with van der Waals surface area (Å²) in [6.07, 6.45) is 5.00. The molecule has 1 amide bonds. The van der Waals surface area contributed by atoms with Crippen LogP contribution < -0.4 is 4.90 Å². The first-order valence-corrected chi connectivity index (χ1v) is 7.32. The van der Waals surface area contributed by atoms with E-state index in [0.717, 1.165) is 28.8 Å². The zero-order valence-corrected chi connectivity index (χ0v) is 12.4. The quantitative estimate of drug-likeness (QED) is 0.755. The maximum atomic E-state index is 12.9. The van der Waals surface area contributed by atoms with Gasteiger partial charge in [-0.05, 0) is 43.5 Å². The monoisotopic (exact) mass is 277 g/mol. The molecule has 0 fully saturated rings. The Kier molecular flexibility index (Phi) is 3.61. The van der Waals surface area contributed by atoms with Gasteiger partial charge in [-0.25, -0.2) is 0 Å². The molecule has 0 saturated carbocycles. The van der Waals surface area contributed by atoms with Gasteiger partial charge in [0.1, 0.15) is 0 Å². The first-order chi connectivity index (χ1) is 10.2. The van der Waals surface area contributed by atoms with Crippen LogP contribution >= 0.6 is 0 Å². The highest BCUT2D eigenvalue weighted by atomic mass is 16.2. The number of nitrogens with zero attached hydrogens (tertiary/aromatic N) is 1. The highest BCUT2D eigenvalue weighted by molar-refractivity contribution is 6.09. The lowest BCUT2D eigenvalue weighted by Gasteiger charge is -2.36. The van der Waals surface area contributed by atoms with Crippen molar-refractivity contribution in [2.24, 2.45) is 0 Å². The molecule has 0 radical (unpaired) electrons. The van der Waals surface area contributed by atoms with E-state index in [2.05, 4.69) is 25.1 Å². The van der Waals surface area contributed by atoms with Crippen LogP contribution in [-0.4, -0.2) is 11.9 Å². The number of amides is 1. The molecule has 1 unspecified atom stereocenters. The molecule has 0 spiro atoms. The first kappa shape index (κ1) is 13.6. The van der Waals surface area contributed by atoms with Gasteiger partial charge in [0.15, 0.2) is 0 Å². The molecule has 3 rings (SSSR count). The second-order valence-corrected chi connectivity index (χ2v) is 5.42. The van der Waals surface area contributed by atoms with E-state index in [9.17, 15) is 4.79 Å². The Morgan fingerprint density at radius 1 is 1.10 bits per heavy atom. The number of hydrogen-bond acceptors (Lipinski definition) is 1. The molecule has 2 aromatic carbocycles. The average molecular weight is 277 g/mol. The topological polar surface area (TPSA) is 20.3 Å². The fraction of sp³-hybridized carbons (Fsp3) is 0.211. The van der Waals surface area contributed by atoms with Crippen LogP contribution in [0, 0.1) is 6.92 Å². The van der Waals surface area contributed by atoms with Gasteiger partial charge in [-0.3, -0.25) is 4.79 Å². The Bertz CT molecular complexity index is 702. The van der Waals surface area contributed by atoms with Crippen LogP contribution in [0.2, 0.25) is 0 Å². The molecular formula is C19H19NO. The van der Waals surface area contributed by atoms with Crippen molar-refractivity contribution in [1.82, 2.24) is 0 Å². The van der Waals surface area contributed by atoms with E-state index in [4.69, 9.17) is 0 Å². The number of rotatable bonds is 2. The molecule has 106 valence electrons. The lowest BCUT2D eigenvalue weighted by Crippen LogP contribution is -2.45. The normalized spacial score (nSPS) is 18.1. The largest absolute Gasteiger partial charge is 0.301 e. The molecule has 0 aliphatic carbocycles. The molecule has 0 N–H and O–H groups in total. The number of benzene rings is 2. The van der Waals surface area contributed by atoms with Crippen LogP contribution in [0.15, 0.2) is 60.7 Å². The van der Waals surface area contributed by atoms with Gasteiger partial charge in [0.05, 0.1) is 6.04 Å². The molecule has 1 heterocycles. The standard InChI is InChI=1S/C19H19NO/c1-3-8-16-13-15-10-5-6-11-17(15)19(21)20(16)18-12-7-4-9-14(18)2/h3-12,16H,13H2,1-2H3. The number of aryl methyl sites for hydroxylation is 1. The molecule has 2 heteroatoms. The van der Waals surface area contributed by atoms with E-state index in [0.29, 0.717) is 0 Å². The third-order valence-corrected chi connectivity index (χ3v) is 4.02. The van der Waals surface area contributed by atoms with E-state index in [1.54, 1.807) is 0 Å². The van der Waals surface area contributed by atoms with Gasteiger partial charge in [0, 0.05) is 11.3 Å². The van der Waals surface area contributed by atoms with E-state index in [1.165, 1.54) is 0 Å². The molecule has 2 aromatic rings. The maximum absolute atomic E-state index is 12.9. The third-order valence-electron chi connectivity index (χ3n) is 4.02. The van der Waals surface area contributed by atoms with Crippen LogP contribution in [0.1, 0.15) is 28.4 Å². The van der Waals surface area contributed by atoms with Crippen LogP contribution in [0.5, 0.6) is 0 Å². The summed E-state index contributed by atoms with van der Waals surface area (Å²) in [6, 6.07) is 16.1. The van der Waals surface area contributed by atoms with Crippen molar-refractivity contribution >= 4 is 11.6 Å². The second-order valence-electron chi connectivity index (χ2n) is 5.42. The fourth-order valence-corrected chi connectivity index (χ4v) is 3.00. The summed E-state index contributed by atoms with van der Waals surface area (Å²) in [5.74, 6) is 0.0919. The van der Waals surface area contributed by atoms with Crippen molar-refractivity contribution in [2.45, 2.75) is 26.3 Å². The van der Waals surface area contributed by atoms with Crippen LogP contribution in [0.3, 0.4) is 0 Å². The molecule has 21 heavy (non-hydrogen) atoms. The first-order valence-electron chi connectivity index (χ1n) is 7.32. The van der Waals surface area contributed by atoms with Crippen molar-refractivity contribution < 1.29 is 4.79 Å². The number of allylic oxidation sites excluding steroid dienone is 1. The zero-order valence-electron chi connectivity index (χ0n) is 12.4. The molecule has 2 nitrogen and oxygen atoms in total. The summed E-state index contributed by atoms with van der Waals surface area (Å²) in [6.45, 7) is 4.05. The predicted octanol–water partition coefficient (Wildman–Crippen LogP) is 4.14. The summed E-state index contributed by atoms with van der Waals surface area (Å²) in [7, 11) is 0. The predicted molar refractivity (Wildman–Crippen MR) is 86.7 cm³/mol. The molecule has 0 aromatic heterocycles. The van der Waals surface area contributed by atoms with Gasteiger partial charge >= 0.3 is 0 Å². The maximum Gasteiger partial charge on any atom is 0.259 e. The van der Waals surface area contributed by atoms with E-state index in [1.807, 2.05) is 54.3 Å². The van der Waals surface area contributed by atoms with Crippen molar-refractivity contribution in [3.8, 4) is 0 Å². The average Bonchev–Trinajstić information content (AvgIpc) is 2.49. The van der Waals surface area contributed by atoms with Gasteiger partial charge in [0.25, 0.3) is 5.91 Å². The third kappa shape index (κ3) is 2.38. The number of anilines is 1. The summed E-state index contributed by atoms with van der Waals surface area (Å²) in [5, 5.41) is 0. The summed E-state index contributed by atoms with van der Waals surface area (Å²) < 4.78 is 0. The SMILES string of the molecule is CC=CC1Cc2ccccc2C(=O)N1c1ccccc1C. The van der Waals surface area contributed by atoms with Gasteiger partial charge in [0.2, 0.25) is 0 Å². The van der Waals surface area contributed by atoms with Crippen molar-refractivity contribution in [1.29, 1.82) is 0 Å². The molecule has 0 saturated heterocycles. The molecule has 0 bridgehead atoms. The van der Waals surface area contributed by atoms with Crippen molar-refractivity contribution in [3.05, 3.63) is 77.4 Å². The van der Waals surface area contributed by atoms with Gasteiger partial charge in [-0.2, -0.15) is 0 Å². The highest BCUT2D eigenvalue weighted by Crippen LogP contribution is 2.31. The summed E-state index contributed by atoms with van der Waals surface area (Å²) in [5.41, 5.74) is 4.08. The number of carbonyl (C=O) groups excluding carboxylic acids is 1. The smallest absolute Gasteiger partial charge is 0.259 e. The van der Waals surface area contributed by atoms with Crippen LogP contribution in [0.4, 0.5) is 5.69 Å². The van der Waals surface area contributed by atoms with Crippen LogP contribution in [0.25, 0.3) is 0 Å². The molecule has 1 aliphatic heterocycles. The van der Waals surface area contributed by atoms with Gasteiger partial charge < -0.3 is 4.90 Å². The molecule has 1 aliphatic rings. The highest BCUT2D eigenvalue weighted by Gasteiger charge is 2.32. The van der Waals surface area contributed by atoms with Gasteiger partial charge in [-0.1, -0.05) is 48.6 Å². The minimum atomic E-state index is 0.0819. The molecular weight excluding hydrogens is 258 g/mol. The summed E-state index contributed by atoms with van der Waals surface area (Å²) >= 11 is 0. The Morgan fingerprint density at radius 2 is 1.81 bits per heavy atom. The summed E-state index contributed by atoms with van der Waals surface area (Å²) in [4.78, 5) is 14.9. The fourth-order valence-electron chi connectivity index (χ4n) is 3.00. The second kappa shape index (κ2) is 5.57. The minimum Gasteiger partial charge on any atom is -0.301 e. The van der Waals surface area contributed by atoms with E-state index in [-0.39, 0.29) is 11.9 Å². The van der Waals surface area contributed by atoms with E-state index >= 15 is 0 Å².